The molecule has 3 nitrogen and oxygen atoms in total. The normalized spacial score (nSPS) is 20.2. The number of hydrogen-bond donors (Lipinski definition) is 2. The van der Waals surface area contributed by atoms with Gasteiger partial charge in [0.15, 0.2) is 5.96 Å². The molecule has 2 unspecified atom stereocenters. The predicted molar refractivity (Wildman–Crippen MR) is 104 cm³/mol. The van der Waals surface area contributed by atoms with E-state index in [1.165, 1.54) is 11.1 Å². The Morgan fingerprint density at radius 2 is 1.95 bits per heavy atom. The molecule has 0 radical (unpaired) electrons. The van der Waals surface area contributed by atoms with E-state index in [1.54, 1.807) is 0 Å². The highest BCUT2D eigenvalue weighted by molar-refractivity contribution is 14.0. The summed E-state index contributed by atoms with van der Waals surface area (Å²) in [5.41, 5.74) is 9.38. The predicted octanol–water partition coefficient (Wildman–Crippen LogP) is 4.55. The topological polar surface area (TPSA) is 50.4 Å². The van der Waals surface area contributed by atoms with E-state index in [1.807, 2.05) is 42.5 Å². The SMILES string of the molecule is Cc1ccc(NC(N)=NC2CC2c2cccc(Cl)c2)cc1.I. The van der Waals surface area contributed by atoms with Crippen LogP contribution in [0.1, 0.15) is 23.5 Å². The van der Waals surface area contributed by atoms with E-state index in [-0.39, 0.29) is 30.0 Å². The lowest BCUT2D eigenvalue weighted by molar-refractivity contribution is 0.985. The highest BCUT2D eigenvalue weighted by Gasteiger charge is 2.38. The van der Waals surface area contributed by atoms with Crippen LogP contribution in [0, 0.1) is 6.92 Å². The second-order valence-corrected chi connectivity index (χ2v) is 5.91. The molecule has 22 heavy (non-hydrogen) atoms. The molecular weight excluding hydrogens is 409 g/mol. The van der Waals surface area contributed by atoms with Gasteiger partial charge in [0, 0.05) is 16.6 Å². The fourth-order valence-electron chi connectivity index (χ4n) is 2.42. The monoisotopic (exact) mass is 427 g/mol. The van der Waals surface area contributed by atoms with Gasteiger partial charge in [-0.3, -0.25) is 0 Å². The number of aliphatic imine (C=N–C) groups is 1. The third-order valence-electron chi connectivity index (χ3n) is 3.66. The van der Waals surface area contributed by atoms with Crippen molar-refractivity contribution < 1.29 is 0 Å². The van der Waals surface area contributed by atoms with Gasteiger partial charge in [-0.1, -0.05) is 41.4 Å². The third-order valence-corrected chi connectivity index (χ3v) is 3.90. The first-order valence-electron chi connectivity index (χ1n) is 7.04. The minimum Gasteiger partial charge on any atom is -0.370 e. The average molecular weight is 428 g/mol. The van der Waals surface area contributed by atoms with E-state index < -0.39 is 0 Å². The molecule has 5 heteroatoms. The van der Waals surface area contributed by atoms with Gasteiger partial charge in [0.05, 0.1) is 6.04 Å². The van der Waals surface area contributed by atoms with Gasteiger partial charge in [-0.25, -0.2) is 4.99 Å². The van der Waals surface area contributed by atoms with E-state index >= 15 is 0 Å². The first kappa shape index (κ1) is 17.1. The number of guanidine groups is 1. The van der Waals surface area contributed by atoms with Crippen molar-refractivity contribution in [1.29, 1.82) is 0 Å². The van der Waals surface area contributed by atoms with Gasteiger partial charge in [0.25, 0.3) is 0 Å². The summed E-state index contributed by atoms with van der Waals surface area (Å²) in [6, 6.07) is 16.3. The zero-order valence-corrected chi connectivity index (χ0v) is 15.4. The molecule has 2 aromatic carbocycles. The molecule has 0 saturated heterocycles. The molecule has 2 atom stereocenters. The van der Waals surface area contributed by atoms with E-state index in [9.17, 15) is 0 Å². The number of hydrogen-bond acceptors (Lipinski definition) is 1. The smallest absolute Gasteiger partial charge is 0.193 e. The summed E-state index contributed by atoms with van der Waals surface area (Å²) < 4.78 is 0. The Balaban J connectivity index is 0.00000176. The number of rotatable bonds is 3. The second kappa shape index (κ2) is 7.33. The van der Waals surface area contributed by atoms with Gasteiger partial charge in [0.2, 0.25) is 0 Å². The molecule has 0 aliphatic heterocycles. The second-order valence-electron chi connectivity index (χ2n) is 5.47. The molecule has 1 fully saturated rings. The summed E-state index contributed by atoms with van der Waals surface area (Å²) in [5.74, 6) is 0.899. The molecule has 116 valence electrons. The lowest BCUT2D eigenvalue weighted by Gasteiger charge is -2.06. The summed E-state index contributed by atoms with van der Waals surface area (Å²) >= 11 is 6.02. The number of nitrogens with one attached hydrogen (secondary N) is 1. The fourth-order valence-corrected chi connectivity index (χ4v) is 2.61. The van der Waals surface area contributed by atoms with Crippen LogP contribution < -0.4 is 11.1 Å². The zero-order chi connectivity index (χ0) is 14.8. The van der Waals surface area contributed by atoms with Crippen molar-refractivity contribution in [3.05, 3.63) is 64.7 Å². The van der Waals surface area contributed by atoms with Gasteiger partial charge in [-0.2, -0.15) is 0 Å². The molecule has 0 heterocycles. The maximum Gasteiger partial charge on any atom is 0.193 e. The van der Waals surface area contributed by atoms with Crippen LogP contribution >= 0.6 is 35.6 Å². The van der Waals surface area contributed by atoms with Crippen molar-refractivity contribution >= 4 is 47.2 Å². The van der Waals surface area contributed by atoms with Crippen molar-refractivity contribution in [3.63, 3.8) is 0 Å². The van der Waals surface area contributed by atoms with Gasteiger partial charge >= 0.3 is 0 Å². The summed E-state index contributed by atoms with van der Waals surface area (Å²) in [6.07, 6.45) is 1.02. The molecule has 0 spiro atoms. The first-order chi connectivity index (χ1) is 10.1. The summed E-state index contributed by atoms with van der Waals surface area (Å²) in [5, 5.41) is 3.90. The molecule has 1 aliphatic carbocycles. The maximum atomic E-state index is 6.02. The Morgan fingerprint density at radius 1 is 1.23 bits per heavy atom. The first-order valence-corrected chi connectivity index (χ1v) is 7.42. The van der Waals surface area contributed by atoms with Gasteiger partial charge < -0.3 is 11.1 Å². The van der Waals surface area contributed by atoms with Crippen LogP contribution in [-0.4, -0.2) is 12.0 Å². The van der Waals surface area contributed by atoms with Crippen molar-refractivity contribution in [2.45, 2.75) is 25.3 Å². The number of nitrogens with zero attached hydrogens (tertiary/aromatic N) is 1. The van der Waals surface area contributed by atoms with Crippen LogP contribution in [0.25, 0.3) is 0 Å². The van der Waals surface area contributed by atoms with Crippen molar-refractivity contribution in [1.82, 2.24) is 0 Å². The molecule has 1 aliphatic rings. The molecule has 3 N–H and O–H groups in total. The highest BCUT2D eigenvalue weighted by Crippen LogP contribution is 2.43. The summed E-state index contributed by atoms with van der Waals surface area (Å²) in [7, 11) is 0. The molecule has 2 aromatic rings. The molecule has 1 saturated carbocycles. The Morgan fingerprint density at radius 3 is 2.64 bits per heavy atom. The Hall–Kier alpha value is -1.27. The summed E-state index contributed by atoms with van der Waals surface area (Å²) in [4.78, 5) is 4.53. The van der Waals surface area contributed by atoms with Gasteiger partial charge in [-0.15, -0.1) is 24.0 Å². The van der Waals surface area contributed by atoms with Crippen LogP contribution in [0.5, 0.6) is 0 Å². The quantitative estimate of drug-likeness (QED) is 0.429. The fraction of sp³-hybridized carbons (Fsp3) is 0.235. The van der Waals surface area contributed by atoms with Crippen LogP contribution in [0.15, 0.2) is 53.5 Å². The van der Waals surface area contributed by atoms with E-state index in [0.29, 0.717) is 11.9 Å². The number of aryl methyl sites for hydroxylation is 1. The Kier molecular flexibility index (Phi) is 5.69. The molecule has 0 aromatic heterocycles. The third kappa shape index (κ3) is 4.36. The molecule has 0 amide bonds. The Labute approximate surface area is 153 Å². The number of benzene rings is 2. The minimum atomic E-state index is 0. The molecule has 0 bridgehead atoms. The number of halogens is 2. The van der Waals surface area contributed by atoms with Crippen LogP contribution in [0.4, 0.5) is 5.69 Å². The minimum absolute atomic E-state index is 0. The van der Waals surface area contributed by atoms with Crippen LogP contribution in [-0.2, 0) is 0 Å². The van der Waals surface area contributed by atoms with Crippen molar-refractivity contribution in [2.24, 2.45) is 10.7 Å². The molecular formula is C17H19ClIN3. The summed E-state index contributed by atoms with van der Waals surface area (Å²) in [6.45, 7) is 2.06. The lowest BCUT2D eigenvalue weighted by atomic mass is 10.1. The van der Waals surface area contributed by atoms with Gasteiger partial charge in [0.1, 0.15) is 0 Å². The van der Waals surface area contributed by atoms with E-state index in [0.717, 1.165) is 17.1 Å². The van der Waals surface area contributed by atoms with Crippen LogP contribution in [0.3, 0.4) is 0 Å². The maximum absolute atomic E-state index is 6.02. The van der Waals surface area contributed by atoms with Gasteiger partial charge in [-0.05, 0) is 43.2 Å². The van der Waals surface area contributed by atoms with Crippen LogP contribution in [0.2, 0.25) is 5.02 Å². The lowest BCUT2D eigenvalue weighted by Crippen LogP contribution is -2.23. The van der Waals surface area contributed by atoms with E-state index in [4.69, 9.17) is 17.3 Å². The number of anilines is 1. The van der Waals surface area contributed by atoms with Crippen molar-refractivity contribution in [2.75, 3.05) is 5.32 Å². The highest BCUT2D eigenvalue weighted by atomic mass is 127. The molecule has 3 rings (SSSR count). The van der Waals surface area contributed by atoms with Crippen molar-refractivity contribution in [3.8, 4) is 0 Å². The standard InChI is InChI=1S/C17H18ClN3.HI/c1-11-5-7-14(8-6-11)20-17(19)21-16-10-15(16)12-3-2-4-13(18)9-12;/h2-9,15-16H,10H2,1H3,(H3,19,20,21);1H. The Bertz CT molecular complexity index is 670. The number of nitrogens with two attached hydrogens (primary N) is 1. The zero-order valence-electron chi connectivity index (χ0n) is 12.3. The average Bonchev–Trinajstić information content (AvgIpc) is 3.20. The van der Waals surface area contributed by atoms with E-state index in [2.05, 4.69) is 23.3 Å². The largest absolute Gasteiger partial charge is 0.370 e.